The summed E-state index contributed by atoms with van der Waals surface area (Å²) < 4.78 is 39.9. The Morgan fingerprint density at radius 3 is 2.21 bits per heavy atom. The molecule has 2 aromatic rings. The van der Waals surface area contributed by atoms with E-state index in [2.05, 4.69) is 10.0 Å². The van der Waals surface area contributed by atoms with Crippen LogP contribution in [-0.2, 0) is 32.6 Å². The molecule has 0 aliphatic heterocycles. The maximum atomic E-state index is 13.3. The Kier molecular flexibility index (Phi) is 10.7. The summed E-state index contributed by atoms with van der Waals surface area (Å²) in [5.41, 5.74) is 1.53. The van der Waals surface area contributed by atoms with Crippen LogP contribution >= 0.6 is 0 Å². The molecule has 2 aromatic carbocycles. The van der Waals surface area contributed by atoms with Crippen molar-refractivity contribution in [2.24, 2.45) is 0 Å². The van der Waals surface area contributed by atoms with Gasteiger partial charge in [0.05, 0.1) is 4.90 Å². The minimum absolute atomic E-state index is 0.146. The summed E-state index contributed by atoms with van der Waals surface area (Å²) in [6.45, 7) is 6.44. The van der Waals surface area contributed by atoms with Crippen LogP contribution in [0, 0.1) is 5.82 Å². The topological polar surface area (TPSA) is 95.6 Å². The van der Waals surface area contributed by atoms with Crippen LogP contribution in [0.25, 0.3) is 0 Å². The molecule has 0 saturated carbocycles. The molecule has 2 N–H and O–H groups in total. The first kappa shape index (κ1) is 27.5. The predicted octanol–water partition coefficient (Wildman–Crippen LogP) is 3.39. The van der Waals surface area contributed by atoms with Gasteiger partial charge in [-0.25, -0.2) is 17.5 Å². The van der Waals surface area contributed by atoms with Crippen molar-refractivity contribution < 1.29 is 22.4 Å². The molecular weight excluding hydrogens is 457 g/mol. The Morgan fingerprint density at radius 2 is 1.62 bits per heavy atom. The molecule has 0 heterocycles. The van der Waals surface area contributed by atoms with Crippen molar-refractivity contribution in [3.05, 3.63) is 65.5 Å². The molecule has 186 valence electrons. The number of rotatable bonds is 13. The van der Waals surface area contributed by atoms with E-state index in [1.165, 1.54) is 29.2 Å². The lowest BCUT2D eigenvalue weighted by atomic mass is 10.1. The third-order valence-corrected chi connectivity index (χ3v) is 7.02. The Balaban J connectivity index is 2.10. The van der Waals surface area contributed by atoms with Gasteiger partial charge in [0.2, 0.25) is 21.8 Å². The number of amides is 2. The zero-order chi connectivity index (χ0) is 25.1. The van der Waals surface area contributed by atoms with E-state index in [9.17, 15) is 22.4 Å². The van der Waals surface area contributed by atoms with Crippen LogP contribution in [0.1, 0.15) is 51.2 Å². The number of nitrogens with one attached hydrogen (secondary N) is 2. The molecule has 2 rings (SSSR count). The van der Waals surface area contributed by atoms with E-state index in [0.717, 1.165) is 24.0 Å². The molecule has 9 heteroatoms. The molecule has 0 aliphatic carbocycles. The van der Waals surface area contributed by atoms with Gasteiger partial charge < -0.3 is 10.2 Å². The molecule has 0 aliphatic rings. The van der Waals surface area contributed by atoms with Gasteiger partial charge >= 0.3 is 0 Å². The molecule has 0 aromatic heterocycles. The number of hydrogen-bond donors (Lipinski definition) is 2. The average Bonchev–Trinajstić information content (AvgIpc) is 2.82. The minimum Gasteiger partial charge on any atom is -0.354 e. The van der Waals surface area contributed by atoms with E-state index in [1.54, 1.807) is 38.1 Å². The predicted molar refractivity (Wildman–Crippen MR) is 130 cm³/mol. The van der Waals surface area contributed by atoms with E-state index < -0.39 is 16.1 Å². The molecule has 0 spiro atoms. The van der Waals surface area contributed by atoms with E-state index >= 15 is 0 Å². The fourth-order valence-corrected chi connectivity index (χ4v) is 4.45. The molecule has 0 fully saturated rings. The van der Waals surface area contributed by atoms with Gasteiger partial charge in [0, 0.05) is 26.1 Å². The number of unbranched alkanes of at least 4 members (excludes halogenated alkanes) is 1. The number of carbonyl (C=O) groups is 2. The van der Waals surface area contributed by atoms with Gasteiger partial charge in [-0.15, -0.1) is 0 Å². The minimum atomic E-state index is -3.54. The number of aryl methyl sites for hydroxylation is 1. The van der Waals surface area contributed by atoms with E-state index in [1.807, 2.05) is 6.92 Å². The van der Waals surface area contributed by atoms with Crippen LogP contribution in [-0.4, -0.2) is 44.3 Å². The fraction of sp³-hybridized carbons (Fsp3) is 0.440. The van der Waals surface area contributed by atoms with E-state index in [4.69, 9.17) is 0 Å². The molecule has 34 heavy (non-hydrogen) atoms. The number of benzene rings is 2. The Morgan fingerprint density at radius 1 is 1.00 bits per heavy atom. The highest BCUT2D eigenvalue weighted by atomic mass is 32.2. The zero-order valence-corrected chi connectivity index (χ0v) is 20.8. The highest BCUT2D eigenvalue weighted by molar-refractivity contribution is 7.89. The molecule has 0 radical (unpaired) electrons. The van der Waals surface area contributed by atoms with Crippen LogP contribution in [0.15, 0.2) is 53.4 Å². The van der Waals surface area contributed by atoms with Crippen molar-refractivity contribution in [3.63, 3.8) is 0 Å². The summed E-state index contributed by atoms with van der Waals surface area (Å²) >= 11 is 0. The summed E-state index contributed by atoms with van der Waals surface area (Å²) in [4.78, 5) is 27.4. The van der Waals surface area contributed by atoms with Crippen molar-refractivity contribution in [3.8, 4) is 0 Å². The summed E-state index contributed by atoms with van der Waals surface area (Å²) in [7, 11) is -3.54. The van der Waals surface area contributed by atoms with Crippen LogP contribution in [0.4, 0.5) is 4.39 Å². The molecule has 0 bridgehead atoms. The van der Waals surface area contributed by atoms with Crippen molar-refractivity contribution >= 4 is 21.8 Å². The quantitative estimate of drug-likeness (QED) is 0.420. The van der Waals surface area contributed by atoms with Crippen molar-refractivity contribution in [1.82, 2.24) is 14.9 Å². The molecule has 7 nitrogen and oxygen atoms in total. The lowest BCUT2D eigenvalue weighted by Crippen LogP contribution is -2.47. The van der Waals surface area contributed by atoms with Crippen molar-refractivity contribution in [2.75, 3.05) is 13.1 Å². The second-order valence-corrected chi connectivity index (χ2v) is 9.88. The first-order valence-corrected chi connectivity index (χ1v) is 13.1. The maximum Gasteiger partial charge on any atom is 0.242 e. The standard InChI is InChI=1S/C25H34FN3O4S/c1-4-6-17-27-25(31)19(3)29(18-21-7-12-22(26)13-8-21)24(30)16-11-20-9-14-23(15-10-20)34(32,33)28-5-2/h7-10,12-15,19,28H,4-6,11,16-18H2,1-3H3,(H,27,31)/t19-/m0/s1. The summed E-state index contributed by atoms with van der Waals surface area (Å²) in [5.74, 6) is -0.819. The summed E-state index contributed by atoms with van der Waals surface area (Å²) in [6.07, 6.45) is 2.34. The van der Waals surface area contributed by atoms with Gasteiger partial charge in [-0.05, 0) is 55.2 Å². The van der Waals surface area contributed by atoms with E-state index in [0.29, 0.717) is 19.5 Å². The third-order valence-electron chi connectivity index (χ3n) is 5.46. The summed E-state index contributed by atoms with van der Waals surface area (Å²) in [6, 6.07) is 11.5. The second-order valence-electron chi connectivity index (χ2n) is 8.11. The van der Waals surface area contributed by atoms with Crippen LogP contribution in [0.5, 0.6) is 0 Å². The fourth-order valence-electron chi connectivity index (χ4n) is 3.41. The van der Waals surface area contributed by atoms with Crippen molar-refractivity contribution in [2.45, 2.75) is 63.9 Å². The monoisotopic (exact) mass is 491 g/mol. The van der Waals surface area contributed by atoms with Crippen LogP contribution in [0.2, 0.25) is 0 Å². The normalized spacial score (nSPS) is 12.2. The largest absolute Gasteiger partial charge is 0.354 e. The average molecular weight is 492 g/mol. The first-order valence-electron chi connectivity index (χ1n) is 11.6. The van der Waals surface area contributed by atoms with Gasteiger partial charge in [-0.3, -0.25) is 9.59 Å². The number of halogens is 1. The Hall–Kier alpha value is -2.78. The molecule has 0 unspecified atom stereocenters. The number of sulfonamides is 1. The Labute approximate surface area is 201 Å². The maximum absolute atomic E-state index is 13.3. The van der Waals surface area contributed by atoms with Gasteiger partial charge in [0.15, 0.2) is 0 Å². The van der Waals surface area contributed by atoms with Gasteiger partial charge in [-0.1, -0.05) is 44.5 Å². The van der Waals surface area contributed by atoms with E-state index in [-0.39, 0.29) is 35.5 Å². The lowest BCUT2D eigenvalue weighted by Gasteiger charge is -2.29. The third kappa shape index (κ3) is 8.22. The zero-order valence-electron chi connectivity index (χ0n) is 20.0. The molecular formula is C25H34FN3O4S. The van der Waals surface area contributed by atoms with Crippen molar-refractivity contribution in [1.29, 1.82) is 0 Å². The number of hydrogen-bond acceptors (Lipinski definition) is 4. The first-order chi connectivity index (χ1) is 16.2. The number of carbonyl (C=O) groups excluding carboxylic acids is 2. The molecule has 2 amide bonds. The smallest absolute Gasteiger partial charge is 0.242 e. The van der Waals surface area contributed by atoms with Crippen LogP contribution in [0.3, 0.4) is 0 Å². The number of nitrogens with zero attached hydrogens (tertiary/aromatic N) is 1. The SMILES string of the molecule is CCCCNC(=O)[C@H](C)N(Cc1ccc(F)cc1)C(=O)CCc1ccc(S(=O)(=O)NCC)cc1. The molecule has 1 atom stereocenters. The highest BCUT2D eigenvalue weighted by Gasteiger charge is 2.25. The Bertz CT molecular complexity index is 1040. The van der Waals surface area contributed by atoms with Crippen LogP contribution < -0.4 is 10.0 Å². The molecule has 0 saturated heterocycles. The summed E-state index contributed by atoms with van der Waals surface area (Å²) in [5, 5.41) is 2.86. The van der Waals surface area contributed by atoms with Gasteiger partial charge in [0.1, 0.15) is 11.9 Å². The lowest BCUT2D eigenvalue weighted by molar-refractivity contribution is -0.140. The second kappa shape index (κ2) is 13.2. The van der Waals surface area contributed by atoms with Gasteiger partial charge in [0.25, 0.3) is 0 Å². The van der Waals surface area contributed by atoms with Gasteiger partial charge in [-0.2, -0.15) is 0 Å². The highest BCUT2D eigenvalue weighted by Crippen LogP contribution is 2.15.